The normalized spacial score (nSPS) is 19.9. The van der Waals surface area contributed by atoms with Gasteiger partial charge in [-0.25, -0.2) is 0 Å². The molecule has 1 saturated heterocycles. The standard InChI is InChI=1S/C12H15ClN2O3/c1-9-8-14(4-5-18-9)12-3-2-11(15(16)17)6-10(12)7-13/h2-3,6,9H,4-5,7-8H2,1H3. The maximum atomic E-state index is 10.7. The Morgan fingerprint density at radius 3 is 3.00 bits per heavy atom. The van der Waals surface area contributed by atoms with Crippen LogP contribution in [-0.4, -0.2) is 30.7 Å². The van der Waals surface area contributed by atoms with E-state index in [-0.39, 0.29) is 17.7 Å². The highest BCUT2D eigenvalue weighted by molar-refractivity contribution is 6.17. The molecule has 6 heteroatoms. The van der Waals surface area contributed by atoms with Crippen LogP contribution in [0.3, 0.4) is 0 Å². The van der Waals surface area contributed by atoms with E-state index < -0.39 is 4.92 Å². The van der Waals surface area contributed by atoms with Crippen LogP contribution >= 0.6 is 11.6 Å². The number of nitrogens with zero attached hydrogens (tertiary/aromatic N) is 2. The largest absolute Gasteiger partial charge is 0.375 e. The zero-order chi connectivity index (χ0) is 13.1. The van der Waals surface area contributed by atoms with Gasteiger partial charge in [0.05, 0.1) is 17.6 Å². The predicted octanol–water partition coefficient (Wildman–Crippen LogP) is 2.56. The van der Waals surface area contributed by atoms with Crippen LogP contribution in [0.25, 0.3) is 0 Å². The van der Waals surface area contributed by atoms with Crippen molar-refractivity contribution in [1.29, 1.82) is 0 Å². The van der Waals surface area contributed by atoms with E-state index >= 15 is 0 Å². The number of anilines is 1. The molecular formula is C12H15ClN2O3. The van der Waals surface area contributed by atoms with E-state index in [9.17, 15) is 10.1 Å². The van der Waals surface area contributed by atoms with Gasteiger partial charge in [0.25, 0.3) is 5.69 Å². The second kappa shape index (κ2) is 5.54. The number of hydrogen-bond acceptors (Lipinski definition) is 4. The average Bonchev–Trinajstić information content (AvgIpc) is 2.37. The average molecular weight is 271 g/mol. The van der Waals surface area contributed by atoms with E-state index in [0.29, 0.717) is 6.61 Å². The van der Waals surface area contributed by atoms with Crippen molar-refractivity contribution in [1.82, 2.24) is 0 Å². The zero-order valence-electron chi connectivity index (χ0n) is 10.1. The van der Waals surface area contributed by atoms with Crippen LogP contribution in [0.5, 0.6) is 0 Å². The molecule has 0 radical (unpaired) electrons. The summed E-state index contributed by atoms with van der Waals surface area (Å²) in [7, 11) is 0. The van der Waals surface area contributed by atoms with Gasteiger partial charge in [-0.15, -0.1) is 11.6 Å². The number of halogens is 1. The SMILES string of the molecule is CC1CN(c2ccc([N+](=O)[O-])cc2CCl)CCO1. The highest BCUT2D eigenvalue weighted by Gasteiger charge is 2.20. The molecule has 1 aliphatic heterocycles. The van der Waals surface area contributed by atoms with E-state index in [0.717, 1.165) is 24.3 Å². The van der Waals surface area contributed by atoms with Gasteiger partial charge in [-0.3, -0.25) is 10.1 Å². The number of morpholine rings is 1. The summed E-state index contributed by atoms with van der Waals surface area (Å²) in [4.78, 5) is 12.5. The molecule has 0 spiro atoms. The van der Waals surface area contributed by atoms with Crippen molar-refractivity contribution in [3.05, 3.63) is 33.9 Å². The molecule has 1 aromatic carbocycles. The van der Waals surface area contributed by atoms with Crippen LogP contribution in [0.15, 0.2) is 18.2 Å². The lowest BCUT2D eigenvalue weighted by molar-refractivity contribution is -0.384. The number of non-ortho nitro benzene ring substituents is 1. The van der Waals surface area contributed by atoms with E-state index in [1.54, 1.807) is 12.1 Å². The lowest BCUT2D eigenvalue weighted by atomic mass is 10.1. The Morgan fingerprint density at radius 2 is 2.39 bits per heavy atom. The van der Waals surface area contributed by atoms with Gasteiger partial charge in [0.1, 0.15) is 0 Å². The molecule has 2 rings (SSSR count). The molecule has 98 valence electrons. The molecule has 0 saturated carbocycles. The maximum absolute atomic E-state index is 10.7. The van der Waals surface area contributed by atoms with Crippen molar-refractivity contribution in [3.8, 4) is 0 Å². The molecule has 1 unspecified atom stereocenters. The zero-order valence-corrected chi connectivity index (χ0v) is 10.9. The Kier molecular flexibility index (Phi) is 4.04. The predicted molar refractivity (Wildman–Crippen MR) is 70.3 cm³/mol. The molecule has 0 aromatic heterocycles. The monoisotopic (exact) mass is 270 g/mol. The third-order valence-corrected chi connectivity index (χ3v) is 3.29. The summed E-state index contributed by atoms with van der Waals surface area (Å²) in [5, 5.41) is 10.7. The first-order valence-corrected chi connectivity index (χ1v) is 6.35. The smallest absolute Gasteiger partial charge is 0.269 e. The van der Waals surface area contributed by atoms with Crippen LogP contribution in [0.1, 0.15) is 12.5 Å². The summed E-state index contributed by atoms with van der Waals surface area (Å²) >= 11 is 5.88. The van der Waals surface area contributed by atoms with Gasteiger partial charge in [0, 0.05) is 36.8 Å². The molecule has 18 heavy (non-hydrogen) atoms. The number of hydrogen-bond donors (Lipinski definition) is 0. The molecule has 5 nitrogen and oxygen atoms in total. The van der Waals surface area contributed by atoms with Crippen molar-refractivity contribution in [2.45, 2.75) is 18.9 Å². The van der Waals surface area contributed by atoms with Gasteiger partial charge in [-0.2, -0.15) is 0 Å². The lowest BCUT2D eigenvalue weighted by Gasteiger charge is -2.34. The van der Waals surface area contributed by atoms with E-state index in [4.69, 9.17) is 16.3 Å². The number of nitro groups is 1. The highest BCUT2D eigenvalue weighted by Crippen LogP contribution is 2.28. The fourth-order valence-electron chi connectivity index (χ4n) is 2.14. The molecule has 0 N–H and O–H groups in total. The van der Waals surface area contributed by atoms with Gasteiger partial charge in [0.15, 0.2) is 0 Å². The van der Waals surface area contributed by atoms with Crippen molar-refractivity contribution >= 4 is 23.0 Å². The molecule has 1 atom stereocenters. The van der Waals surface area contributed by atoms with Crippen molar-refractivity contribution in [2.75, 3.05) is 24.6 Å². The van der Waals surface area contributed by atoms with Crippen LogP contribution in [-0.2, 0) is 10.6 Å². The minimum absolute atomic E-state index is 0.0794. The first kappa shape index (κ1) is 13.1. The second-order valence-corrected chi connectivity index (χ2v) is 4.60. The number of ether oxygens (including phenoxy) is 1. The molecular weight excluding hydrogens is 256 g/mol. The maximum Gasteiger partial charge on any atom is 0.269 e. The summed E-state index contributed by atoms with van der Waals surface area (Å²) in [5.41, 5.74) is 1.83. The molecule has 0 bridgehead atoms. The fraction of sp³-hybridized carbons (Fsp3) is 0.500. The van der Waals surface area contributed by atoms with Gasteiger partial charge < -0.3 is 9.64 Å². The Bertz CT molecular complexity index is 453. The topological polar surface area (TPSA) is 55.6 Å². The summed E-state index contributed by atoms with van der Waals surface area (Å²) in [6.07, 6.45) is 0.164. The van der Waals surface area contributed by atoms with Gasteiger partial charge in [-0.1, -0.05) is 0 Å². The summed E-state index contributed by atoms with van der Waals surface area (Å²) in [5.74, 6) is 0.267. The minimum atomic E-state index is -0.401. The Balaban J connectivity index is 2.29. The summed E-state index contributed by atoms with van der Waals surface area (Å²) in [6.45, 7) is 4.24. The van der Waals surface area contributed by atoms with Crippen molar-refractivity contribution in [2.24, 2.45) is 0 Å². The van der Waals surface area contributed by atoms with Crippen molar-refractivity contribution in [3.63, 3.8) is 0 Å². The van der Waals surface area contributed by atoms with Crippen LogP contribution in [0, 0.1) is 10.1 Å². The van der Waals surface area contributed by atoms with Crippen molar-refractivity contribution < 1.29 is 9.66 Å². The summed E-state index contributed by atoms with van der Waals surface area (Å²) < 4.78 is 5.48. The van der Waals surface area contributed by atoms with Gasteiger partial charge in [0.2, 0.25) is 0 Å². The van der Waals surface area contributed by atoms with Gasteiger partial charge in [-0.05, 0) is 18.6 Å². The number of rotatable bonds is 3. The molecule has 1 aliphatic rings. The van der Waals surface area contributed by atoms with Crippen LogP contribution in [0.4, 0.5) is 11.4 Å². The van der Waals surface area contributed by atoms with Gasteiger partial charge >= 0.3 is 0 Å². The molecule has 1 heterocycles. The Morgan fingerprint density at radius 1 is 1.61 bits per heavy atom. The number of benzene rings is 1. The van der Waals surface area contributed by atoms with Crippen LogP contribution < -0.4 is 4.90 Å². The third kappa shape index (κ3) is 2.73. The number of alkyl halides is 1. The Hall–Kier alpha value is -1.33. The van der Waals surface area contributed by atoms with E-state index in [2.05, 4.69) is 4.90 Å². The Labute approximate surface area is 110 Å². The quantitative estimate of drug-likeness (QED) is 0.481. The highest BCUT2D eigenvalue weighted by atomic mass is 35.5. The van der Waals surface area contributed by atoms with E-state index in [1.807, 2.05) is 6.92 Å². The fourth-order valence-corrected chi connectivity index (χ4v) is 2.35. The minimum Gasteiger partial charge on any atom is -0.375 e. The molecule has 0 amide bonds. The molecule has 1 aromatic rings. The molecule has 0 aliphatic carbocycles. The number of nitro benzene ring substituents is 1. The third-order valence-electron chi connectivity index (χ3n) is 3.00. The lowest BCUT2D eigenvalue weighted by Crippen LogP contribution is -2.41. The van der Waals surface area contributed by atoms with Crippen LogP contribution in [0.2, 0.25) is 0 Å². The second-order valence-electron chi connectivity index (χ2n) is 4.33. The molecule has 1 fully saturated rings. The summed E-state index contributed by atoms with van der Waals surface area (Å²) in [6, 6.07) is 4.84. The first-order valence-electron chi connectivity index (χ1n) is 5.81. The van der Waals surface area contributed by atoms with E-state index in [1.165, 1.54) is 6.07 Å². The first-order chi connectivity index (χ1) is 8.61.